The van der Waals surface area contributed by atoms with Crippen LogP contribution < -0.4 is 5.32 Å². The summed E-state index contributed by atoms with van der Waals surface area (Å²) in [5.41, 5.74) is 3.57. The Hall–Kier alpha value is -3.36. The van der Waals surface area contributed by atoms with E-state index in [-0.39, 0.29) is 12.2 Å². The van der Waals surface area contributed by atoms with Crippen molar-refractivity contribution in [2.24, 2.45) is 4.99 Å². The van der Waals surface area contributed by atoms with Gasteiger partial charge < -0.3 is 14.8 Å². The third-order valence-electron chi connectivity index (χ3n) is 4.80. The highest BCUT2D eigenvalue weighted by atomic mass is 32.1. The van der Waals surface area contributed by atoms with Crippen molar-refractivity contribution < 1.29 is 14.3 Å². The number of aliphatic hydroxyl groups is 1. The number of nitrogens with one attached hydrogen (secondary N) is 1. The van der Waals surface area contributed by atoms with Crippen molar-refractivity contribution in [3.05, 3.63) is 59.3 Å². The fourth-order valence-electron chi connectivity index (χ4n) is 3.37. The number of furan rings is 1. The molecule has 5 rings (SSSR count). The van der Waals surface area contributed by atoms with Crippen LogP contribution in [0.3, 0.4) is 0 Å². The highest BCUT2D eigenvalue weighted by molar-refractivity contribution is 7.14. The number of aliphatic imine (C=N–C) groups is 1. The molecule has 2 N–H and O–H groups in total. The van der Waals surface area contributed by atoms with Crippen LogP contribution in [0.15, 0.2) is 57.4 Å². The van der Waals surface area contributed by atoms with E-state index in [0.29, 0.717) is 45.8 Å². The van der Waals surface area contributed by atoms with Crippen molar-refractivity contribution in [1.29, 1.82) is 0 Å². The first-order chi connectivity index (χ1) is 14.6. The minimum Gasteiger partial charge on any atom is -0.455 e. The number of anilines is 1. The summed E-state index contributed by atoms with van der Waals surface area (Å²) in [6.45, 7) is 2.11. The number of carbonyl (C=O) groups excluding carboxylic acids is 1. The maximum absolute atomic E-state index is 12.8. The van der Waals surface area contributed by atoms with E-state index >= 15 is 0 Å². The number of nitrogens with zero attached hydrogens (tertiary/aromatic N) is 3. The number of Topliss-reactive ketones (excluding diaryl/α,β-unsaturated/α-hetero) is 1. The van der Waals surface area contributed by atoms with Gasteiger partial charge in [0, 0.05) is 29.1 Å². The summed E-state index contributed by atoms with van der Waals surface area (Å²) in [4.78, 5) is 26.6. The summed E-state index contributed by atoms with van der Waals surface area (Å²) in [5.74, 6) is 0.560. The second-order valence-electron chi connectivity index (χ2n) is 7.13. The normalized spacial score (nSPS) is 14.5. The van der Waals surface area contributed by atoms with Crippen LogP contribution in [-0.2, 0) is 0 Å². The van der Waals surface area contributed by atoms with Crippen LogP contribution in [0.4, 0.5) is 10.8 Å². The monoisotopic (exact) mass is 418 g/mol. The fraction of sp³-hybridized carbons (Fsp3) is 0.182. The Labute approximate surface area is 176 Å². The van der Waals surface area contributed by atoms with Crippen molar-refractivity contribution >= 4 is 44.6 Å². The lowest BCUT2D eigenvalue weighted by Gasteiger charge is -2.15. The van der Waals surface area contributed by atoms with E-state index in [1.807, 2.05) is 35.7 Å². The maximum atomic E-state index is 12.8. The number of para-hydroxylation sites is 1. The molecule has 1 aromatic carbocycles. The van der Waals surface area contributed by atoms with Gasteiger partial charge in [-0.25, -0.2) is 9.98 Å². The highest BCUT2D eigenvalue weighted by Crippen LogP contribution is 2.37. The number of hydrogen-bond acceptors (Lipinski definition) is 8. The standard InChI is InChI=1S/C22H18N4O3S/c1-12(27)10-24-22-26-16(11-30-22)21-20-14(6-7-23-21)17(28)9-15(25-20)19-8-13-4-2-3-5-18(13)29-19/h2-8,11-12,27H,9-10H2,1H3,(H,24,26)/t12-/m0/s1. The predicted molar refractivity (Wildman–Crippen MR) is 117 cm³/mol. The highest BCUT2D eigenvalue weighted by Gasteiger charge is 2.26. The smallest absolute Gasteiger partial charge is 0.183 e. The third-order valence-corrected chi connectivity index (χ3v) is 5.60. The number of rotatable bonds is 5. The van der Waals surface area contributed by atoms with Crippen molar-refractivity contribution in [2.45, 2.75) is 19.4 Å². The van der Waals surface area contributed by atoms with Gasteiger partial charge >= 0.3 is 0 Å². The molecule has 8 heteroatoms. The third kappa shape index (κ3) is 3.40. The summed E-state index contributed by atoms with van der Waals surface area (Å²) < 4.78 is 5.92. The van der Waals surface area contributed by atoms with Gasteiger partial charge in [0.2, 0.25) is 0 Å². The number of benzene rings is 1. The van der Waals surface area contributed by atoms with Crippen LogP contribution in [0.25, 0.3) is 22.4 Å². The molecule has 0 fully saturated rings. The number of thiazole rings is 1. The summed E-state index contributed by atoms with van der Waals surface area (Å²) >= 11 is 1.41. The summed E-state index contributed by atoms with van der Waals surface area (Å²) in [6, 6.07) is 11.3. The van der Waals surface area contributed by atoms with E-state index in [1.54, 1.807) is 19.2 Å². The molecule has 0 saturated carbocycles. The van der Waals surface area contributed by atoms with Crippen LogP contribution >= 0.6 is 11.3 Å². The second kappa shape index (κ2) is 7.47. The van der Waals surface area contributed by atoms with E-state index in [2.05, 4.69) is 15.3 Å². The molecule has 4 aromatic rings. The van der Waals surface area contributed by atoms with Crippen molar-refractivity contribution in [3.8, 4) is 11.4 Å². The van der Waals surface area contributed by atoms with Crippen LogP contribution in [-0.4, -0.2) is 39.2 Å². The predicted octanol–water partition coefficient (Wildman–Crippen LogP) is 4.45. The summed E-state index contributed by atoms with van der Waals surface area (Å²) in [6.07, 6.45) is 1.30. The van der Waals surface area contributed by atoms with Crippen LogP contribution in [0.5, 0.6) is 0 Å². The largest absolute Gasteiger partial charge is 0.455 e. The van der Waals surface area contributed by atoms with Gasteiger partial charge in [0.15, 0.2) is 10.9 Å². The quantitative estimate of drug-likeness (QED) is 0.497. The number of pyridine rings is 1. The Kier molecular flexibility index (Phi) is 4.65. The van der Waals surface area contributed by atoms with Crippen LogP contribution in [0.1, 0.15) is 29.5 Å². The number of aliphatic hydroxyl groups excluding tert-OH is 1. The van der Waals surface area contributed by atoms with Crippen molar-refractivity contribution in [1.82, 2.24) is 9.97 Å². The number of ketones is 1. The first-order valence-electron chi connectivity index (χ1n) is 9.55. The van der Waals surface area contributed by atoms with E-state index in [0.717, 1.165) is 11.0 Å². The first-order valence-corrected chi connectivity index (χ1v) is 10.4. The number of aromatic nitrogens is 2. The number of carbonyl (C=O) groups is 1. The molecule has 150 valence electrons. The molecule has 7 nitrogen and oxygen atoms in total. The molecule has 1 aliphatic rings. The maximum Gasteiger partial charge on any atom is 0.183 e. The minimum atomic E-state index is -0.478. The van der Waals surface area contributed by atoms with Crippen molar-refractivity contribution in [3.63, 3.8) is 0 Å². The van der Waals surface area contributed by atoms with Crippen LogP contribution in [0, 0.1) is 0 Å². The Morgan fingerprint density at radius 3 is 3.00 bits per heavy atom. The molecule has 1 atom stereocenters. The van der Waals surface area contributed by atoms with Gasteiger partial charge in [-0.3, -0.25) is 9.78 Å². The molecule has 0 radical (unpaired) electrons. The van der Waals surface area contributed by atoms with E-state index < -0.39 is 6.10 Å². The molecule has 0 aliphatic carbocycles. The zero-order chi connectivity index (χ0) is 20.7. The zero-order valence-electron chi connectivity index (χ0n) is 16.1. The van der Waals surface area contributed by atoms with E-state index in [1.165, 1.54) is 11.3 Å². The van der Waals surface area contributed by atoms with Gasteiger partial charge in [-0.1, -0.05) is 18.2 Å². The fourth-order valence-corrected chi connectivity index (χ4v) is 4.07. The Morgan fingerprint density at radius 2 is 2.17 bits per heavy atom. The van der Waals surface area contributed by atoms with Crippen molar-refractivity contribution in [2.75, 3.05) is 11.9 Å². The van der Waals surface area contributed by atoms with Gasteiger partial charge in [-0.05, 0) is 25.1 Å². The molecule has 0 unspecified atom stereocenters. The lowest BCUT2D eigenvalue weighted by Crippen LogP contribution is -2.15. The molecule has 4 heterocycles. The van der Waals surface area contributed by atoms with Gasteiger partial charge in [-0.15, -0.1) is 11.3 Å². The Morgan fingerprint density at radius 1 is 1.30 bits per heavy atom. The molecule has 0 bridgehead atoms. The molecule has 30 heavy (non-hydrogen) atoms. The van der Waals surface area contributed by atoms with Gasteiger partial charge in [0.1, 0.15) is 28.4 Å². The number of hydrogen-bond donors (Lipinski definition) is 2. The molecule has 0 spiro atoms. The first kappa shape index (κ1) is 18.7. The van der Waals surface area contributed by atoms with Crippen LogP contribution in [0.2, 0.25) is 0 Å². The number of fused-ring (bicyclic) bond motifs is 2. The molecule has 0 amide bonds. The van der Waals surface area contributed by atoms with Gasteiger partial charge in [-0.2, -0.15) is 0 Å². The lowest BCUT2D eigenvalue weighted by atomic mass is 9.98. The minimum absolute atomic E-state index is 0.0261. The van der Waals surface area contributed by atoms with E-state index in [9.17, 15) is 9.90 Å². The van der Waals surface area contributed by atoms with Gasteiger partial charge in [0.05, 0.1) is 18.2 Å². The molecular weight excluding hydrogens is 400 g/mol. The zero-order valence-corrected chi connectivity index (χ0v) is 16.9. The average molecular weight is 418 g/mol. The van der Waals surface area contributed by atoms with Gasteiger partial charge in [0.25, 0.3) is 0 Å². The topological polar surface area (TPSA) is 101 Å². The summed E-state index contributed by atoms with van der Waals surface area (Å²) in [5, 5.41) is 16.0. The molecule has 3 aromatic heterocycles. The summed E-state index contributed by atoms with van der Waals surface area (Å²) in [7, 11) is 0. The Balaban J connectivity index is 1.56. The molecular formula is C22H18N4O3S. The SMILES string of the molecule is C[C@H](O)CNc1nc(-c2nccc3c2N=C(c2cc4ccccc4o2)CC3=O)cs1. The second-order valence-corrected chi connectivity index (χ2v) is 7.99. The molecule has 1 aliphatic heterocycles. The average Bonchev–Trinajstić information content (AvgIpc) is 3.39. The van der Waals surface area contributed by atoms with E-state index in [4.69, 9.17) is 9.41 Å². The molecule has 0 saturated heterocycles. The Bertz CT molecular complexity index is 1260. The lowest BCUT2D eigenvalue weighted by molar-refractivity contribution is 0.0999.